The second-order valence-corrected chi connectivity index (χ2v) is 7.79. The Balaban J connectivity index is 1.88. The number of nitrogens with zero attached hydrogens (tertiary/aromatic N) is 4. The predicted molar refractivity (Wildman–Crippen MR) is 128 cm³/mol. The Morgan fingerprint density at radius 2 is 1.81 bits per heavy atom. The molecule has 0 radical (unpaired) electrons. The van der Waals surface area contributed by atoms with Crippen LogP contribution in [0.1, 0.15) is 17.3 Å². The highest BCUT2D eigenvalue weighted by atomic mass is 127. The van der Waals surface area contributed by atoms with Crippen molar-refractivity contribution in [2.24, 2.45) is 0 Å². The van der Waals surface area contributed by atoms with Gasteiger partial charge in [0.25, 0.3) is 0 Å². The number of ether oxygens (including phenoxy) is 3. The molecule has 0 N–H and O–H groups in total. The molecule has 0 fully saturated rings. The summed E-state index contributed by atoms with van der Waals surface area (Å²) >= 11 is 2.09. The number of aromatic nitrogens is 4. The van der Waals surface area contributed by atoms with Gasteiger partial charge >= 0.3 is 5.97 Å². The number of fused-ring (bicyclic) bond motifs is 1. The van der Waals surface area contributed by atoms with Crippen molar-refractivity contribution in [1.29, 1.82) is 0 Å². The quantitative estimate of drug-likeness (QED) is 0.192. The molecule has 0 aliphatic rings. The van der Waals surface area contributed by atoms with E-state index in [2.05, 4.69) is 32.6 Å². The SMILES string of the molecule is CCOC(=O)c1ccc(-c2nc(I)nc3c2nc(-c2cccc(OC)c2)n3COC)cc1. The van der Waals surface area contributed by atoms with E-state index in [0.29, 0.717) is 38.7 Å². The number of methoxy groups -OCH3 is 2. The number of carbonyl (C=O) groups is 1. The minimum atomic E-state index is -0.355. The van der Waals surface area contributed by atoms with E-state index < -0.39 is 0 Å². The zero-order valence-corrected chi connectivity index (χ0v) is 20.0. The fourth-order valence-corrected chi connectivity index (χ4v) is 3.86. The highest BCUT2D eigenvalue weighted by Crippen LogP contribution is 2.32. The van der Waals surface area contributed by atoms with Gasteiger partial charge in [0, 0.05) is 40.8 Å². The van der Waals surface area contributed by atoms with Crippen LogP contribution in [0, 0.1) is 3.83 Å². The number of hydrogen-bond acceptors (Lipinski definition) is 7. The van der Waals surface area contributed by atoms with Gasteiger partial charge in [0.1, 0.15) is 29.5 Å². The largest absolute Gasteiger partial charge is 0.497 e. The zero-order valence-electron chi connectivity index (χ0n) is 17.8. The summed E-state index contributed by atoms with van der Waals surface area (Å²) in [6.45, 7) is 2.38. The topological polar surface area (TPSA) is 88.4 Å². The van der Waals surface area contributed by atoms with E-state index >= 15 is 0 Å². The Morgan fingerprint density at radius 3 is 2.50 bits per heavy atom. The number of imidazole rings is 1. The summed E-state index contributed by atoms with van der Waals surface area (Å²) < 4.78 is 18.4. The van der Waals surface area contributed by atoms with Gasteiger partial charge in [-0.3, -0.25) is 4.57 Å². The number of rotatable bonds is 7. The molecule has 9 heteroatoms. The Labute approximate surface area is 198 Å². The van der Waals surface area contributed by atoms with Crippen molar-refractivity contribution in [3.63, 3.8) is 0 Å². The molecule has 0 unspecified atom stereocenters. The molecule has 0 saturated heterocycles. The minimum Gasteiger partial charge on any atom is -0.497 e. The van der Waals surface area contributed by atoms with E-state index in [9.17, 15) is 4.79 Å². The van der Waals surface area contributed by atoms with E-state index in [1.54, 1.807) is 33.3 Å². The fraction of sp³-hybridized carbons (Fsp3) is 0.217. The van der Waals surface area contributed by atoms with E-state index in [1.807, 2.05) is 41.0 Å². The predicted octanol–water partition coefficient (Wildman–Crippen LogP) is 4.55. The summed E-state index contributed by atoms with van der Waals surface area (Å²) in [6.07, 6.45) is 0. The molecule has 8 nitrogen and oxygen atoms in total. The number of carbonyl (C=O) groups excluding carboxylic acids is 1. The maximum absolute atomic E-state index is 12.0. The summed E-state index contributed by atoms with van der Waals surface area (Å²) in [6, 6.07) is 14.8. The lowest BCUT2D eigenvalue weighted by atomic mass is 10.1. The van der Waals surface area contributed by atoms with Crippen molar-refractivity contribution in [3.8, 4) is 28.4 Å². The van der Waals surface area contributed by atoms with Crippen LogP contribution in [0.5, 0.6) is 5.75 Å². The number of benzene rings is 2. The van der Waals surface area contributed by atoms with Crippen molar-refractivity contribution in [2.75, 3.05) is 20.8 Å². The van der Waals surface area contributed by atoms with Gasteiger partial charge in [0.15, 0.2) is 9.48 Å². The molecule has 2 aromatic heterocycles. The Kier molecular flexibility index (Phi) is 6.66. The van der Waals surface area contributed by atoms with Crippen LogP contribution in [0.3, 0.4) is 0 Å². The van der Waals surface area contributed by atoms with Crippen LogP contribution in [-0.4, -0.2) is 46.3 Å². The molecule has 164 valence electrons. The standard InChI is InChI=1S/C23H21IN4O4/c1-4-32-22(29)15-10-8-14(9-11-15)18-19-21(27-23(24)26-18)28(13-30-2)20(25-19)16-6-5-7-17(12-16)31-3/h5-12H,4,13H2,1-3H3. The fourth-order valence-electron chi connectivity index (χ4n) is 3.39. The lowest BCUT2D eigenvalue weighted by molar-refractivity contribution is 0.0526. The van der Waals surface area contributed by atoms with Crippen LogP contribution in [0.2, 0.25) is 0 Å². The van der Waals surface area contributed by atoms with Crippen LogP contribution in [-0.2, 0) is 16.2 Å². The number of halogens is 1. The van der Waals surface area contributed by atoms with Crippen molar-refractivity contribution >= 4 is 39.7 Å². The van der Waals surface area contributed by atoms with Crippen molar-refractivity contribution in [3.05, 3.63) is 57.9 Å². The highest BCUT2D eigenvalue weighted by Gasteiger charge is 2.20. The molecule has 2 aromatic carbocycles. The summed E-state index contributed by atoms with van der Waals surface area (Å²) in [5.41, 5.74) is 4.16. The molecule has 0 spiro atoms. The first-order chi connectivity index (χ1) is 15.5. The third-order valence-corrected chi connectivity index (χ3v) is 5.31. The van der Waals surface area contributed by atoms with Gasteiger partial charge in [-0.1, -0.05) is 24.3 Å². The average Bonchev–Trinajstić information content (AvgIpc) is 3.17. The van der Waals surface area contributed by atoms with Gasteiger partial charge in [-0.15, -0.1) is 0 Å². The second-order valence-electron chi connectivity index (χ2n) is 6.82. The Bertz CT molecular complexity index is 1270. The van der Waals surface area contributed by atoms with Gasteiger partial charge in [-0.25, -0.2) is 19.7 Å². The summed E-state index contributed by atoms with van der Waals surface area (Å²) in [4.78, 5) is 26.2. The Hall–Kier alpha value is -3.05. The van der Waals surface area contributed by atoms with E-state index in [4.69, 9.17) is 19.2 Å². The Morgan fingerprint density at radius 1 is 1.03 bits per heavy atom. The van der Waals surface area contributed by atoms with Gasteiger partial charge in [-0.2, -0.15) is 0 Å². The molecular weight excluding hydrogens is 523 g/mol. The van der Waals surface area contributed by atoms with Crippen molar-refractivity contribution < 1.29 is 19.0 Å². The molecule has 0 saturated carbocycles. The van der Waals surface area contributed by atoms with Crippen molar-refractivity contribution in [2.45, 2.75) is 13.7 Å². The normalized spacial score (nSPS) is 11.0. The molecule has 0 atom stereocenters. The highest BCUT2D eigenvalue weighted by molar-refractivity contribution is 14.1. The summed E-state index contributed by atoms with van der Waals surface area (Å²) in [7, 11) is 3.26. The summed E-state index contributed by atoms with van der Waals surface area (Å²) in [5.74, 6) is 1.07. The van der Waals surface area contributed by atoms with E-state index in [1.165, 1.54) is 0 Å². The van der Waals surface area contributed by atoms with Crippen LogP contribution in [0.15, 0.2) is 48.5 Å². The zero-order chi connectivity index (χ0) is 22.7. The third kappa shape index (κ3) is 4.30. The monoisotopic (exact) mass is 544 g/mol. The maximum Gasteiger partial charge on any atom is 0.338 e. The molecular formula is C23H21IN4O4. The van der Waals surface area contributed by atoms with Crippen LogP contribution in [0.4, 0.5) is 0 Å². The first-order valence-electron chi connectivity index (χ1n) is 9.90. The summed E-state index contributed by atoms with van der Waals surface area (Å²) in [5, 5.41) is 0. The van der Waals surface area contributed by atoms with Gasteiger partial charge in [0.2, 0.25) is 0 Å². The van der Waals surface area contributed by atoms with E-state index in [0.717, 1.165) is 16.9 Å². The molecule has 0 aliphatic heterocycles. The maximum atomic E-state index is 12.0. The molecule has 0 amide bonds. The average molecular weight is 544 g/mol. The van der Waals surface area contributed by atoms with Crippen LogP contribution in [0.25, 0.3) is 33.8 Å². The number of esters is 1. The van der Waals surface area contributed by atoms with Gasteiger partial charge < -0.3 is 14.2 Å². The molecule has 4 aromatic rings. The van der Waals surface area contributed by atoms with E-state index in [-0.39, 0.29) is 12.7 Å². The second kappa shape index (κ2) is 9.61. The van der Waals surface area contributed by atoms with Crippen LogP contribution >= 0.6 is 22.6 Å². The van der Waals surface area contributed by atoms with Gasteiger partial charge in [-0.05, 0) is 31.2 Å². The smallest absolute Gasteiger partial charge is 0.338 e. The number of hydrogen-bond donors (Lipinski definition) is 0. The molecule has 4 rings (SSSR count). The first kappa shape index (κ1) is 22.2. The molecule has 0 aliphatic carbocycles. The molecule has 0 bridgehead atoms. The molecule has 2 heterocycles. The van der Waals surface area contributed by atoms with Crippen LogP contribution < -0.4 is 4.74 Å². The first-order valence-corrected chi connectivity index (χ1v) is 11.0. The van der Waals surface area contributed by atoms with Crippen molar-refractivity contribution in [1.82, 2.24) is 19.5 Å². The lowest BCUT2D eigenvalue weighted by Crippen LogP contribution is -2.05. The van der Waals surface area contributed by atoms with Gasteiger partial charge in [0.05, 0.1) is 19.3 Å². The molecule has 32 heavy (non-hydrogen) atoms. The lowest BCUT2D eigenvalue weighted by Gasteiger charge is -2.09. The minimum absolute atomic E-state index is 0.275. The third-order valence-electron chi connectivity index (χ3n) is 4.82.